The first-order valence-corrected chi connectivity index (χ1v) is 10.2. The molecule has 0 aliphatic heterocycles. The number of nitrogens with one attached hydrogen (secondary N) is 2. The minimum Gasteiger partial charge on any atom is -0.483 e. The number of aryl methyl sites for hydroxylation is 2. The number of carbonyl (C=O) groups excluding carboxylic acids is 1. The Bertz CT molecular complexity index is 1130. The zero-order chi connectivity index (χ0) is 20.9. The predicted octanol–water partition coefficient (Wildman–Crippen LogP) is 5.11. The summed E-state index contributed by atoms with van der Waals surface area (Å²) in [6, 6.07) is 24.5. The van der Waals surface area contributed by atoms with Crippen molar-refractivity contribution >= 4 is 16.8 Å². The number of carbonyl (C=O) groups is 1. The van der Waals surface area contributed by atoms with Crippen molar-refractivity contribution in [3.05, 3.63) is 101 Å². The number of aromatic nitrogens is 1. The molecule has 1 atom stereocenters. The second-order valence-corrected chi connectivity index (χ2v) is 7.57. The Hall–Kier alpha value is -3.53. The Labute approximate surface area is 176 Å². The number of ether oxygens (including phenoxy) is 1. The molecule has 0 aliphatic carbocycles. The van der Waals surface area contributed by atoms with Crippen LogP contribution in [0.1, 0.15) is 28.2 Å². The smallest absolute Gasteiger partial charge is 0.257 e. The molecule has 1 amide bonds. The standard InChI is InChI=1S/C26H26N2O2/c1-18-9-8-10-19(2)26(18)30-17-25(29)28-15-22(20-11-4-3-5-12-20)23-16-27-24-14-7-6-13-21(23)24/h3-14,16,22,27H,15,17H2,1-2H3,(H,28,29)/t22-/m0/s1. The van der Waals surface area contributed by atoms with Gasteiger partial charge in [-0.1, -0.05) is 66.7 Å². The number of rotatable bonds is 7. The monoisotopic (exact) mass is 398 g/mol. The van der Waals surface area contributed by atoms with Crippen LogP contribution in [-0.2, 0) is 4.79 Å². The van der Waals surface area contributed by atoms with E-state index >= 15 is 0 Å². The van der Waals surface area contributed by atoms with Crippen LogP contribution in [-0.4, -0.2) is 24.0 Å². The topological polar surface area (TPSA) is 54.1 Å². The molecule has 0 unspecified atom stereocenters. The van der Waals surface area contributed by atoms with Crippen molar-refractivity contribution in [3.63, 3.8) is 0 Å². The summed E-state index contributed by atoms with van der Waals surface area (Å²) in [6.07, 6.45) is 2.04. The molecule has 0 saturated heterocycles. The molecule has 0 fully saturated rings. The van der Waals surface area contributed by atoms with E-state index in [0.29, 0.717) is 6.54 Å². The Kier molecular flexibility index (Phi) is 5.84. The highest BCUT2D eigenvalue weighted by Gasteiger charge is 2.19. The van der Waals surface area contributed by atoms with Crippen LogP contribution in [0.4, 0.5) is 0 Å². The van der Waals surface area contributed by atoms with Crippen LogP contribution in [0.15, 0.2) is 79.0 Å². The zero-order valence-electron chi connectivity index (χ0n) is 17.3. The minimum atomic E-state index is -0.126. The van der Waals surface area contributed by atoms with Gasteiger partial charge in [0.25, 0.3) is 5.91 Å². The number of para-hydroxylation sites is 2. The van der Waals surface area contributed by atoms with Crippen molar-refractivity contribution < 1.29 is 9.53 Å². The molecule has 2 N–H and O–H groups in total. The van der Waals surface area contributed by atoms with Crippen molar-refractivity contribution in [2.24, 2.45) is 0 Å². The second-order valence-electron chi connectivity index (χ2n) is 7.57. The highest BCUT2D eigenvalue weighted by molar-refractivity contribution is 5.84. The van der Waals surface area contributed by atoms with Gasteiger partial charge in [0.2, 0.25) is 0 Å². The summed E-state index contributed by atoms with van der Waals surface area (Å²) < 4.78 is 5.81. The summed E-state index contributed by atoms with van der Waals surface area (Å²) in [5, 5.41) is 4.24. The highest BCUT2D eigenvalue weighted by atomic mass is 16.5. The molecule has 4 heteroatoms. The number of aromatic amines is 1. The molecular formula is C26H26N2O2. The van der Waals surface area contributed by atoms with E-state index in [1.54, 1.807) is 0 Å². The van der Waals surface area contributed by atoms with Crippen LogP contribution >= 0.6 is 0 Å². The van der Waals surface area contributed by atoms with Crippen molar-refractivity contribution in [2.45, 2.75) is 19.8 Å². The summed E-state index contributed by atoms with van der Waals surface area (Å²) in [5.41, 5.74) is 5.50. The molecule has 4 rings (SSSR count). The average molecular weight is 399 g/mol. The molecule has 3 aromatic carbocycles. The van der Waals surface area contributed by atoms with E-state index in [9.17, 15) is 4.79 Å². The minimum absolute atomic E-state index is 0.00108. The van der Waals surface area contributed by atoms with Gasteiger partial charge < -0.3 is 15.0 Å². The number of hydrogen-bond acceptors (Lipinski definition) is 2. The Morgan fingerprint density at radius 1 is 0.933 bits per heavy atom. The molecule has 1 aromatic heterocycles. The molecule has 30 heavy (non-hydrogen) atoms. The molecule has 0 bridgehead atoms. The SMILES string of the molecule is Cc1cccc(C)c1OCC(=O)NC[C@@H](c1ccccc1)c1c[nH]c2ccccc12. The van der Waals surface area contributed by atoms with E-state index in [2.05, 4.69) is 34.6 Å². The third-order valence-corrected chi connectivity index (χ3v) is 5.46. The molecule has 0 radical (unpaired) electrons. The van der Waals surface area contributed by atoms with Crippen molar-refractivity contribution in [2.75, 3.05) is 13.2 Å². The average Bonchev–Trinajstić information content (AvgIpc) is 3.18. The maximum atomic E-state index is 12.6. The largest absolute Gasteiger partial charge is 0.483 e. The molecule has 0 spiro atoms. The van der Waals surface area contributed by atoms with Crippen molar-refractivity contribution in [3.8, 4) is 5.75 Å². The van der Waals surface area contributed by atoms with Gasteiger partial charge in [-0.25, -0.2) is 0 Å². The van der Waals surface area contributed by atoms with E-state index in [-0.39, 0.29) is 18.4 Å². The first-order chi connectivity index (χ1) is 14.6. The molecule has 4 aromatic rings. The summed E-state index contributed by atoms with van der Waals surface area (Å²) in [5.74, 6) is 0.703. The van der Waals surface area contributed by atoms with Gasteiger partial charge in [-0.2, -0.15) is 0 Å². The number of benzene rings is 3. The summed E-state index contributed by atoms with van der Waals surface area (Å²) in [7, 11) is 0. The van der Waals surface area contributed by atoms with Crippen LogP contribution in [0, 0.1) is 13.8 Å². The van der Waals surface area contributed by atoms with Crippen molar-refractivity contribution in [1.29, 1.82) is 0 Å². The van der Waals surface area contributed by atoms with Gasteiger partial charge in [-0.05, 0) is 42.2 Å². The summed E-state index contributed by atoms with van der Waals surface area (Å²) >= 11 is 0. The van der Waals surface area contributed by atoms with Crippen LogP contribution in [0.25, 0.3) is 10.9 Å². The lowest BCUT2D eigenvalue weighted by atomic mass is 9.91. The second kappa shape index (κ2) is 8.87. The maximum Gasteiger partial charge on any atom is 0.257 e. The van der Waals surface area contributed by atoms with Crippen LogP contribution in [0.2, 0.25) is 0 Å². The van der Waals surface area contributed by atoms with Gasteiger partial charge in [-0.15, -0.1) is 0 Å². The first kappa shape index (κ1) is 19.8. The summed E-state index contributed by atoms with van der Waals surface area (Å²) in [6.45, 7) is 4.48. The zero-order valence-corrected chi connectivity index (χ0v) is 17.3. The third kappa shape index (κ3) is 4.23. The predicted molar refractivity (Wildman–Crippen MR) is 121 cm³/mol. The number of H-pyrrole nitrogens is 1. The Balaban J connectivity index is 1.50. The van der Waals surface area contributed by atoms with Gasteiger partial charge >= 0.3 is 0 Å². The van der Waals surface area contributed by atoms with E-state index in [1.807, 2.05) is 68.6 Å². The highest BCUT2D eigenvalue weighted by Crippen LogP contribution is 2.30. The van der Waals surface area contributed by atoms with Crippen LogP contribution in [0.5, 0.6) is 5.75 Å². The van der Waals surface area contributed by atoms with Gasteiger partial charge in [0, 0.05) is 29.6 Å². The molecule has 0 aliphatic rings. The van der Waals surface area contributed by atoms with E-state index in [4.69, 9.17) is 4.74 Å². The van der Waals surface area contributed by atoms with Gasteiger partial charge in [0.05, 0.1) is 0 Å². The number of amides is 1. The first-order valence-electron chi connectivity index (χ1n) is 10.2. The quantitative estimate of drug-likeness (QED) is 0.454. The number of fused-ring (bicyclic) bond motifs is 1. The van der Waals surface area contributed by atoms with E-state index in [0.717, 1.165) is 22.4 Å². The molecule has 1 heterocycles. The maximum absolute atomic E-state index is 12.6. The molecule has 152 valence electrons. The molecular weight excluding hydrogens is 372 g/mol. The lowest BCUT2D eigenvalue weighted by Crippen LogP contribution is -2.33. The normalized spacial score (nSPS) is 11.9. The van der Waals surface area contributed by atoms with Crippen LogP contribution < -0.4 is 10.1 Å². The third-order valence-electron chi connectivity index (χ3n) is 5.46. The Morgan fingerprint density at radius 3 is 2.40 bits per heavy atom. The van der Waals surface area contributed by atoms with Crippen LogP contribution in [0.3, 0.4) is 0 Å². The van der Waals surface area contributed by atoms with Gasteiger partial charge in [0.15, 0.2) is 6.61 Å². The molecule has 4 nitrogen and oxygen atoms in total. The fraction of sp³-hybridized carbons (Fsp3) is 0.192. The fourth-order valence-electron chi connectivity index (χ4n) is 3.91. The Morgan fingerprint density at radius 2 is 1.63 bits per heavy atom. The lowest BCUT2D eigenvalue weighted by molar-refractivity contribution is -0.123. The number of hydrogen-bond donors (Lipinski definition) is 2. The summed E-state index contributed by atoms with van der Waals surface area (Å²) in [4.78, 5) is 15.9. The van der Waals surface area contributed by atoms with E-state index < -0.39 is 0 Å². The van der Waals surface area contributed by atoms with E-state index in [1.165, 1.54) is 16.5 Å². The lowest BCUT2D eigenvalue weighted by Gasteiger charge is -2.19. The van der Waals surface area contributed by atoms with Gasteiger partial charge in [-0.3, -0.25) is 4.79 Å². The fourth-order valence-corrected chi connectivity index (χ4v) is 3.91. The molecule has 0 saturated carbocycles. The van der Waals surface area contributed by atoms with Crippen molar-refractivity contribution in [1.82, 2.24) is 10.3 Å². The van der Waals surface area contributed by atoms with Gasteiger partial charge in [0.1, 0.15) is 5.75 Å².